The molecule has 2 aromatic rings. The first-order chi connectivity index (χ1) is 13.2. The van der Waals surface area contributed by atoms with Crippen LogP contribution in [0, 0.1) is 5.92 Å². The Balaban J connectivity index is 1.57. The topological polar surface area (TPSA) is 58.6 Å². The number of piperidine rings is 1. The average molecular weight is 366 g/mol. The highest BCUT2D eigenvalue weighted by atomic mass is 16.5. The summed E-state index contributed by atoms with van der Waals surface area (Å²) in [5.74, 6) is 1.69. The molecule has 0 aromatic heterocycles. The number of benzene rings is 2. The van der Waals surface area contributed by atoms with Crippen LogP contribution in [0.25, 0.3) is 0 Å². The van der Waals surface area contributed by atoms with E-state index in [4.69, 9.17) is 4.74 Å². The second-order valence-corrected chi connectivity index (χ2v) is 6.87. The van der Waals surface area contributed by atoms with Crippen LogP contribution in [-0.2, 0) is 4.79 Å². The fraction of sp³-hybridized carbons (Fsp3) is 0.364. The van der Waals surface area contributed by atoms with Gasteiger partial charge in [-0.15, -0.1) is 0 Å². The standard InChI is InChI=1S/C22H26N2O3/c1-23-21(25)13-15-24-14-5-6-18(16-24)22(26)17-9-11-20(12-10-17)27-19-7-3-2-4-8-19/h2-4,7-12,18H,5-6,13-16H2,1H3,(H,23,25)/t18-/m0/s1. The normalized spacial score (nSPS) is 17.3. The first-order valence-corrected chi connectivity index (χ1v) is 9.46. The van der Waals surface area contributed by atoms with Crippen molar-refractivity contribution in [3.8, 4) is 11.5 Å². The van der Waals surface area contributed by atoms with Gasteiger partial charge in [-0.2, -0.15) is 0 Å². The quantitative estimate of drug-likeness (QED) is 0.762. The second kappa shape index (κ2) is 9.33. The molecule has 1 atom stereocenters. The van der Waals surface area contributed by atoms with Crippen LogP contribution in [0.2, 0.25) is 0 Å². The molecule has 0 radical (unpaired) electrons. The predicted octanol–water partition coefficient (Wildman–Crippen LogP) is 3.51. The Morgan fingerprint density at radius 3 is 2.48 bits per heavy atom. The van der Waals surface area contributed by atoms with Crippen molar-refractivity contribution in [2.75, 3.05) is 26.7 Å². The third-order valence-corrected chi connectivity index (χ3v) is 4.93. The smallest absolute Gasteiger partial charge is 0.221 e. The maximum Gasteiger partial charge on any atom is 0.221 e. The van der Waals surface area contributed by atoms with Gasteiger partial charge in [-0.05, 0) is 55.8 Å². The minimum Gasteiger partial charge on any atom is -0.457 e. The van der Waals surface area contributed by atoms with E-state index in [9.17, 15) is 9.59 Å². The summed E-state index contributed by atoms with van der Waals surface area (Å²) in [4.78, 5) is 26.5. The highest BCUT2D eigenvalue weighted by molar-refractivity contribution is 5.98. The van der Waals surface area contributed by atoms with Crippen LogP contribution >= 0.6 is 0 Å². The molecular formula is C22H26N2O3. The van der Waals surface area contributed by atoms with Crippen LogP contribution < -0.4 is 10.1 Å². The van der Waals surface area contributed by atoms with Crippen molar-refractivity contribution in [3.63, 3.8) is 0 Å². The van der Waals surface area contributed by atoms with E-state index in [-0.39, 0.29) is 17.6 Å². The summed E-state index contributed by atoms with van der Waals surface area (Å²) in [5, 5.41) is 2.64. The number of hydrogen-bond donors (Lipinski definition) is 1. The molecule has 0 bridgehead atoms. The number of carbonyl (C=O) groups excluding carboxylic acids is 2. The number of ketones is 1. The minimum atomic E-state index is -0.00988. The maximum atomic E-state index is 12.9. The first kappa shape index (κ1) is 19.1. The van der Waals surface area contributed by atoms with Crippen molar-refractivity contribution in [1.82, 2.24) is 10.2 Å². The van der Waals surface area contributed by atoms with Crippen LogP contribution in [0.3, 0.4) is 0 Å². The van der Waals surface area contributed by atoms with Crippen molar-refractivity contribution in [2.24, 2.45) is 5.92 Å². The van der Waals surface area contributed by atoms with E-state index in [1.807, 2.05) is 54.6 Å². The highest BCUT2D eigenvalue weighted by Gasteiger charge is 2.26. The Kier molecular flexibility index (Phi) is 6.60. The van der Waals surface area contributed by atoms with Gasteiger partial charge < -0.3 is 15.0 Å². The molecule has 27 heavy (non-hydrogen) atoms. The number of ether oxygens (including phenoxy) is 1. The van der Waals surface area contributed by atoms with Crippen LogP contribution in [0.15, 0.2) is 54.6 Å². The molecule has 3 rings (SSSR count). The molecule has 1 saturated heterocycles. The molecule has 0 saturated carbocycles. The molecule has 1 heterocycles. The molecule has 1 N–H and O–H groups in total. The number of hydrogen-bond acceptors (Lipinski definition) is 4. The fourth-order valence-electron chi connectivity index (χ4n) is 3.40. The van der Waals surface area contributed by atoms with Crippen molar-refractivity contribution >= 4 is 11.7 Å². The molecule has 5 heteroatoms. The molecule has 142 valence electrons. The van der Waals surface area contributed by atoms with Crippen molar-refractivity contribution in [1.29, 1.82) is 0 Å². The molecule has 1 amide bonds. The summed E-state index contributed by atoms with van der Waals surface area (Å²) in [6.45, 7) is 2.37. The maximum absolute atomic E-state index is 12.9. The number of likely N-dealkylation sites (tertiary alicyclic amines) is 1. The lowest BCUT2D eigenvalue weighted by Gasteiger charge is -2.31. The third-order valence-electron chi connectivity index (χ3n) is 4.93. The molecular weight excluding hydrogens is 340 g/mol. The lowest BCUT2D eigenvalue weighted by atomic mass is 9.90. The van der Waals surface area contributed by atoms with E-state index in [1.165, 1.54) is 0 Å². The minimum absolute atomic E-state index is 0.00988. The van der Waals surface area contributed by atoms with Gasteiger partial charge in [0.15, 0.2) is 5.78 Å². The van der Waals surface area contributed by atoms with Crippen LogP contribution in [0.5, 0.6) is 11.5 Å². The molecule has 1 aliphatic rings. The molecule has 5 nitrogen and oxygen atoms in total. The van der Waals surface area contributed by atoms with Gasteiger partial charge in [-0.1, -0.05) is 18.2 Å². The third kappa shape index (κ3) is 5.41. The van der Waals surface area contributed by atoms with E-state index in [0.29, 0.717) is 24.3 Å². The lowest BCUT2D eigenvalue weighted by molar-refractivity contribution is -0.121. The van der Waals surface area contributed by atoms with Gasteiger partial charge in [0.2, 0.25) is 5.91 Å². The van der Waals surface area contributed by atoms with Gasteiger partial charge >= 0.3 is 0 Å². The summed E-state index contributed by atoms with van der Waals surface area (Å²) >= 11 is 0. The second-order valence-electron chi connectivity index (χ2n) is 6.87. The average Bonchev–Trinajstić information content (AvgIpc) is 2.73. The number of nitrogens with zero attached hydrogens (tertiary/aromatic N) is 1. The summed E-state index contributed by atoms with van der Waals surface area (Å²) in [5.41, 5.74) is 0.716. The monoisotopic (exact) mass is 366 g/mol. The highest BCUT2D eigenvalue weighted by Crippen LogP contribution is 2.24. The lowest BCUT2D eigenvalue weighted by Crippen LogP contribution is -2.40. The molecule has 1 aliphatic heterocycles. The molecule has 0 aliphatic carbocycles. The molecule has 2 aromatic carbocycles. The summed E-state index contributed by atoms with van der Waals surface area (Å²) in [6.07, 6.45) is 2.36. The Bertz CT molecular complexity index is 759. The zero-order valence-corrected chi connectivity index (χ0v) is 15.7. The summed E-state index contributed by atoms with van der Waals surface area (Å²) in [7, 11) is 1.65. The zero-order chi connectivity index (χ0) is 19.1. The van der Waals surface area contributed by atoms with Gasteiger partial charge in [-0.3, -0.25) is 9.59 Å². The first-order valence-electron chi connectivity index (χ1n) is 9.46. The van der Waals surface area contributed by atoms with Crippen LogP contribution in [0.1, 0.15) is 29.6 Å². The van der Waals surface area contributed by atoms with Crippen molar-refractivity contribution < 1.29 is 14.3 Å². The largest absolute Gasteiger partial charge is 0.457 e. The Morgan fingerprint density at radius 1 is 1.07 bits per heavy atom. The van der Waals surface area contributed by atoms with Gasteiger partial charge in [0.05, 0.1) is 0 Å². The van der Waals surface area contributed by atoms with Crippen LogP contribution in [0.4, 0.5) is 0 Å². The molecule has 1 fully saturated rings. The number of Topliss-reactive ketones (excluding diaryl/α,β-unsaturated/α-hetero) is 1. The number of rotatable bonds is 7. The van der Waals surface area contributed by atoms with Crippen molar-refractivity contribution in [3.05, 3.63) is 60.2 Å². The van der Waals surface area contributed by atoms with Gasteiger partial charge in [0, 0.05) is 38.0 Å². The Morgan fingerprint density at radius 2 is 1.78 bits per heavy atom. The van der Waals surface area contributed by atoms with Gasteiger partial charge in [0.1, 0.15) is 11.5 Å². The van der Waals surface area contributed by atoms with E-state index < -0.39 is 0 Å². The number of nitrogens with one attached hydrogen (secondary N) is 1. The number of para-hydroxylation sites is 1. The Hall–Kier alpha value is -2.66. The van der Waals surface area contributed by atoms with E-state index in [1.54, 1.807) is 7.05 Å². The van der Waals surface area contributed by atoms with Crippen LogP contribution in [-0.4, -0.2) is 43.3 Å². The van der Waals surface area contributed by atoms with E-state index >= 15 is 0 Å². The SMILES string of the molecule is CNC(=O)CCN1CCC[C@H](C(=O)c2ccc(Oc3ccccc3)cc2)C1. The van der Waals surface area contributed by atoms with Gasteiger partial charge in [0.25, 0.3) is 0 Å². The number of amides is 1. The molecule has 0 spiro atoms. The van der Waals surface area contributed by atoms with Gasteiger partial charge in [-0.25, -0.2) is 0 Å². The Labute approximate surface area is 160 Å². The summed E-state index contributed by atoms with van der Waals surface area (Å²) in [6, 6.07) is 16.9. The predicted molar refractivity (Wildman–Crippen MR) is 105 cm³/mol. The zero-order valence-electron chi connectivity index (χ0n) is 15.7. The van der Waals surface area contributed by atoms with E-state index in [0.717, 1.165) is 31.7 Å². The summed E-state index contributed by atoms with van der Waals surface area (Å²) < 4.78 is 5.78. The number of carbonyl (C=O) groups is 2. The fourth-order valence-corrected chi connectivity index (χ4v) is 3.40. The van der Waals surface area contributed by atoms with Crippen molar-refractivity contribution in [2.45, 2.75) is 19.3 Å². The molecule has 0 unspecified atom stereocenters. The van der Waals surface area contributed by atoms with E-state index in [2.05, 4.69) is 10.2 Å².